The predicted molar refractivity (Wildman–Crippen MR) is 83.1 cm³/mol. The van der Waals surface area contributed by atoms with Crippen LogP contribution in [0.5, 0.6) is 5.75 Å². The number of benzene rings is 1. The molecule has 1 unspecified atom stereocenters. The molecule has 0 aliphatic carbocycles. The zero-order chi connectivity index (χ0) is 15.2. The number of ether oxygens (including phenoxy) is 1. The van der Waals surface area contributed by atoms with Crippen LogP contribution in [0.1, 0.15) is 36.9 Å². The largest absolute Gasteiger partial charge is 0.496 e. The highest BCUT2D eigenvalue weighted by Crippen LogP contribution is 2.28. The molecule has 0 aliphatic heterocycles. The van der Waals surface area contributed by atoms with Gasteiger partial charge in [-0.2, -0.15) is 0 Å². The summed E-state index contributed by atoms with van der Waals surface area (Å²) in [4.78, 5) is 0. The first kappa shape index (κ1) is 17.0. The van der Waals surface area contributed by atoms with Gasteiger partial charge >= 0.3 is 0 Å². The molecule has 0 aliphatic rings. The van der Waals surface area contributed by atoms with Gasteiger partial charge in [0.1, 0.15) is 15.6 Å². The van der Waals surface area contributed by atoms with E-state index in [4.69, 9.17) is 4.74 Å². The van der Waals surface area contributed by atoms with Gasteiger partial charge in [-0.15, -0.1) is 0 Å². The molecule has 114 valence electrons. The van der Waals surface area contributed by atoms with Crippen molar-refractivity contribution in [2.45, 2.75) is 32.7 Å². The molecule has 0 bridgehead atoms. The summed E-state index contributed by atoms with van der Waals surface area (Å²) in [7, 11) is -1.32. The van der Waals surface area contributed by atoms with Crippen molar-refractivity contribution in [3.8, 4) is 5.75 Å². The van der Waals surface area contributed by atoms with Crippen LogP contribution in [-0.2, 0) is 9.84 Å². The molecule has 1 aromatic rings. The van der Waals surface area contributed by atoms with Crippen molar-refractivity contribution in [2.75, 3.05) is 25.7 Å². The van der Waals surface area contributed by atoms with E-state index in [-0.39, 0.29) is 11.8 Å². The Hall–Kier alpha value is -1.07. The van der Waals surface area contributed by atoms with Crippen LogP contribution in [0.3, 0.4) is 0 Å². The fourth-order valence-electron chi connectivity index (χ4n) is 2.14. The second-order valence-electron chi connectivity index (χ2n) is 5.17. The Balaban J connectivity index is 2.99. The van der Waals surface area contributed by atoms with Crippen molar-refractivity contribution in [1.82, 2.24) is 5.32 Å². The minimum absolute atomic E-state index is 0.000440. The lowest BCUT2D eigenvalue weighted by molar-refractivity contribution is 0.396. The van der Waals surface area contributed by atoms with Crippen LogP contribution < -0.4 is 10.1 Å². The van der Waals surface area contributed by atoms with E-state index in [1.165, 1.54) is 6.26 Å². The monoisotopic (exact) mass is 299 g/mol. The number of hydrogen-bond donors (Lipinski definition) is 1. The fourth-order valence-corrected chi connectivity index (χ4v) is 2.81. The highest BCUT2D eigenvalue weighted by molar-refractivity contribution is 7.90. The normalized spacial score (nSPS) is 13.2. The summed E-state index contributed by atoms with van der Waals surface area (Å²) in [5.41, 5.74) is 2.17. The number of hydrogen-bond acceptors (Lipinski definition) is 4. The maximum atomic E-state index is 11.4. The molecule has 0 saturated carbocycles. The van der Waals surface area contributed by atoms with Crippen molar-refractivity contribution < 1.29 is 13.2 Å². The minimum Gasteiger partial charge on any atom is -0.496 e. The van der Waals surface area contributed by atoms with Gasteiger partial charge in [0.05, 0.1) is 12.9 Å². The number of nitrogens with one attached hydrogen (secondary N) is 1. The Morgan fingerprint density at radius 2 is 2.05 bits per heavy atom. The highest BCUT2D eigenvalue weighted by Gasteiger charge is 2.17. The average molecular weight is 299 g/mol. The average Bonchev–Trinajstić information content (AvgIpc) is 2.37. The molecule has 1 rings (SSSR count). The van der Waals surface area contributed by atoms with Crippen molar-refractivity contribution in [2.24, 2.45) is 0 Å². The third kappa shape index (κ3) is 5.51. The van der Waals surface area contributed by atoms with E-state index in [9.17, 15) is 8.42 Å². The van der Waals surface area contributed by atoms with Gasteiger partial charge in [0.15, 0.2) is 0 Å². The van der Waals surface area contributed by atoms with E-state index in [1.54, 1.807) is 7.11 Å². The molecule has 20 heavy (non-hydrogen) atoms. The van der Waals surface area contributed by atoms with E-state index in [0.29, 0.717) is 6.42 Å². The Morgan fingerprint density at radius 1 is 1.35 bits per heavy atom. The Kier molecular flexibility index (Phi) is 6.49. The maximum Gasteiger partial charge on any atom is 0.147 e. The summed E-state index contributed by atoms with van der Waals surface area (Å²) in [6, 6.07) is 6.00. The Labute approximate surface area is 122 Å². The second kappa shape index (κ2) is 7.64. The van der Waals surface area contributed by atoms with E-state index >= 15 is 0 Å². The molecule has 0 spiro atoms. The van der Waals surface area contributed by atoms with Crippen LogP contribution in [0.25, 0.3) is 0 Å². The first-order chi connectivity index (χ1) is 9.37. The van der Waals surface area contributed by atoms with Crippen LogP contribution in [0.15, 0.2) is 18.2 Å². The SMILES string of the molecule is CCCNC(CCS(C)(=O)=O)c1cc(C)ccc1OC. The zero-order valence-electron chi connectivity index (χ0n) is 12.8. The van der Waals surface area contributed by atoms with E-state index < -0.39 is 9.84 Å². The van der Waals surface area contributed by atoms with Gasteiger partial charge < -0.3 is 10.1 Å². The molecule has 1 aromatic carbocycles. The summed E-state index contributed by atoms with van der Waals surface area (Å²) < 4.78 is 28.2. The molecule has 0 fully saturated rings. The second-order valence-corrected chi connectivity index (χ2v) is 7.43. The molecule has 4 nitrogen and oxygen atoms in total. The first-order valence-corrected chi connectivity index (χ1v) is 8.99. The van der Waals surface area contributed by atoms with E-state index in [2.05, 4.69) is 18.3 Å². The number of rotatable bonds is 8. The lowest BCUT2D eigenvalue weighted by Gasteiger charge is -2.21. The van der Waals surface area contributed by atoms with Crippen molar-refractivity contribution in [1.29, 1.82) is 0 Å². The molecule has 1 atom stereocenters. The maximum absolute atomic E-state index is 11.4. The summed E-state index contributed by atoms with van der Waals surface area (Å²) in [5.74, 6) is 0.976. The molecule has 0 amide bonds. The molecule has 0 radical (unpaired) electrons. The van der Waals surface area contributed by atoms with Crippen molar-refractivity contribution in [3.63, 3.8) is 0 Å². The molecular formula is C15H25NO3S. The quantitative estimate of drug-likeness (QED) is 0.801. The molecule has 5 heteroatoms. The van der Waals surface area contributed by atoms with Crippen LogP contribution >= 0.6 is 0 Å². The highest BCUT2D eigenvalue weighted by atomic mass is 32.2. The standard InChI is InChI=1S/C15H25NO3S/c1-5-9-16-14(8-10-20(4,17)18)13-11-12(2)6-7-15(13)19-3/h6-7,11,14,16H,5,8-10H2,1-4H3. The fraction of sp³-hybridized carbons (Fsp3) is 0.600. The summed E-state index contributed by atoms with van der Waals surface area (Å²) in [6.45, 7) is 4.97. The molecule has 0 saturated heterocycles. The Morgan fingerprint density at radius 3 is 2.60 bits per heavy atom. The van der Waals surface area contributed by atoms with Crippen LogP contribution in [0, 0.1) is 6.92 Å². The van der Waals surface area contributed by atoms with E-state index in [1.807, 2.05) is 19.1 Å². The topological polar surface area (TPSA) is 55.4 Å². The third-order valence-corrected chi connectivity index (χ3v) is 4.16. The molecular weight excluding hydrogens is 274 g/mol. The summed E-state index contributed by atoms with van der Waals surface area (Å²) in [6.07, 6.45) is 2.83. The number of aryl methyl sites for hydroxylation is 1. The lowest BCUT2D eigenvalue weighted by atomic mass is 10.0. The smallest absolute Gasteiger partial charge is 0.147 e. The van der Waals surface area contributed by atoms with Crippen LogP contribution in [0.4, 0.5) is 0 Å². The summed E-state index contributed by atoms with van der Waals surface area (Å²) >= 11 is 0. The van der Waals surface area contributed by atoms with Gasteiger partial charge in [0, 0.05) is 17.9 Å². The minimum atomic E-state index is -2.96. The molecule has 1 N–H and O–H groups in total. The lowest BCUT2D eigenvalue weighted by Crippen LogP contribution is -2.25. The number of sulfone groups is 1. The van der Waals surface area contributed by atoms with Gasteiger partial charge in [-0.1, -0.05) is 24.6 Å². The van der Waals surface area contributed by atoms with E-state index in [0.717, 1.165) is 29.8 Å². The predicted octanol–water partition coefficient (Wildman–Crippen LogP) is 2.48. The van der Waals surface area contributed by atoms with Gasteiger partial charge in [0.2, 0.25) is 0 Å². The van der Waals surface area contributed by atoms with Gasteiger partial charge in [0.25, 0.3) is 0 Å². The van der Waals surface area contributed by atoms with Crippen molar-refractivity contribution >= 4 is 9.84 Å². The first-order valence-electron chi connectivity index (χ1n) is 6.93. The molecule has 0 aromatic heterocycles. The van der Waals surface area contributed by atoms with Gasteiger partial charge in [-0.05, 0) is 32.4 Å². The van der Waals surface area contributed by atoms with Crippen LogP contribution in [0.2, 0.25) is 0 Å². The van der Waals surface area contributed by atoms with Crippen LogP contribution in [-0.4, -0.2) is 34.1 Å². The Bertz CT molecular complexity index is 526. The van der Waals surface area contributed by atoms with Gasteiger partial charge in [-0.25, -0.2) is 8.42 Å². The zero-order valence-corrected chi connectivity index (χ0v) is 13.6. The summed E-state index contributed by atoms with van der Waals surface area (Å²) in [5, 5.41) is 3.42. The molecule has 0 heterocycles. The number of methoxy groups -OCH3 is 1. The van der Waals surface area contributed by atoms with Gasteiger partial charge in [-0.3, -0.25) is 0 Å². The third-order valence-electron chi connectivity index (χ3n) is 3.18. The van der Waals surface area contributed by atoms with Crippen molar-refractivity contribution in [3.05, 3.63) is 29.3 Å².